The van der Waals surface area contributed by atoms with Crippen molar-refractivity contribution < 1.29 is 13.9 Å². The van der Waals surface area contributed by atoms with Crippen molar-refractivity contribution in [1.29, 1.82) is 0 Å². The van der Waals surface area contributed by atoms with Crippen LogP contribution in [0.2, 0.25) is 0 Å². The largest absolute Gasteiger partial charge is 0.462 e. The summed E-state index contributed by atoms with van der Waals surface area (Å²) in [6.07, 6.45) is 0. The Morgan fingerprint density at radius 1 is 1.27 bits per heavy atom. The third-order valence-corrected chi connectivity index (χ3v) is 3.35. The van der Waals surface area contributed by atoms with Gasteiger partial charge < -0.3 is 14.1 Å². The van der Waals surface area contributed by atoms with Crippen molar-refractivity contribution in [2.75, 3.05) is 6.61 Å². The van der Waals surface area contributed by atoms with Crippen molar-refractivity contribution in [1.82, 2.24) is 4.98 Å². The summed E-state index contributed by atoms with van der Waals surface area (Å²) in [6, 6.07) is 6.32. The highest BCUT2D eigenvalue weighted by molar-refractivity contribution is 6.09. The molecule has 0 bridgehead atoms. The number of rotatable bonds is 2. The van der Waals surface area contributed by atoms with Gasteiger partial charge in [-0.05, 0) is 26.0 Å². The average molecular weight is 299 g/mol. The number of benzene rings is 1. The van der Waals surface area contributed by atoms with Gasteiger partial charge in [-0.2, -0.15) is 0 Å². The number of aromatic amines is 1. The van der Waals surface area contributed by atoms with Crippen LogP contribution in [0.3, 0.4) is 0 Å². The van der Waals surface area contributed by atoms with E-state index in [-0.39, 0.29) is 23.1 Å². The summed E-state index contributed by atoms with van der Waals surface area (Å²) in [7, 11) is 0. The molecule has 0 spiro atoms. The number of H-pyrrole nitrogens is 1. The molecule has 3 aromatic rings. The van der Waals surface area contributed by atoms with Gasteiger partial charge in [0.05, 0.1) is 23.1 Å². The number of carbonyl (C=O) groups excluding carboxylic acids is 1. The summed E-state index contributed by atoms with van der Waals surface area (Å²) >= 11 is 0. The van der Waals surface area contributed by atoms with Crippen LogP contribution < -0.4 is 11.2 Å². The molecule has 6 nitrogen and oxygen atoms in total. The smallest absolute Gasteiger partial charge is 0.339 e. The zero-order valence-corrected chi connectivity index (χ0v) is 12.1. The van der Waals surface area contributed by atoms with Gasteiger partial charge in [0.25, 0.3) is 5.56 Å². The van der Waals surface area contributed by atoms with Crippen LogP contribution in [0.15, 0.2) is 38.3 Å². The number of nitrogens with one attached hydrogen (secondary N) is 1. The number of esters is 1. The quantitative estimate of drug-likeness (QED) is 0.578. The fraction of sp³-hybridized carbons (Fsp3) is 0.188. The molecule has 0 fully saturated rings. The van der Waals surface area contributed by atoms with E-state index >= 15 is 0 Å². The lowest BCUT2D eigenvalue weighted by molar-refractivity contribution is 0.0528. The highest BCUT2D eigenvalue weighted by Gasteiger charge is 2.19. The Balaban J connectivity index is 2.52. The van der Waals surface area contributed by atoms with Gasteiger partial charge in [0.2, 0.25) is 0 Å². The van der Waals surface area contributed by atoms with Crippen LogP contribution >= 0.6 is 0 Å². The Kier molecular flexibility index (Phi) is 3.29. The molecule has 1 N–H and O–H groups in total. The Hall–Kier alpha value is -2.89. The van der Waals surface area contributed by atoms with E-state index in [0.29, 0.717) is 10.9 Å². The number of aryl methyl sites for hydroxylation is 1. The number of pyridine rings is 1. The average Bonchev–Trinajstić information content (AvgIpc) is 2.47. The van der Waals surface area contributed by atoms with E-state index in [1.807, 2.05) is 13.0 Å². The van der Waals surface area contributed by atoms with Gasteiger partial charge in [-0.3, -0.25) is 4.79 Å². The number of hydrogen-bond donors (Lipinski definition) is 1. The highest BCUT2D eigenvalue weighted by Crippen LogP contribution is 2.23. The molecule has 0 atom stereocenters. The monoisotopic (exact) mass is 299 g/mol. The minimum Gasteiger partial charge on any atom is -0.462 e. The Labute approximate surface area is 124 Å². The van der Waals surface area contributed by atoms with Crippen LogP contribution in [0.25, 0.3) is 21.9 Å². The number of hydrogen-bond acceptors (Lipinski definition) is 5. The van der Waals surface area contributed by atoms with Crippen molar-refractivity contribution in [3.05, 3.63) is 56.2 Å². The first-order valence-corrected chi connectivity index (χ1v) is 6.79. The van der Waals surface area contributed by atoms with Crippen LogP contribution in [-0.2, 0) is 4.74 Å². The molecule has 3 rings (SSSR count). The van der Waals surface area contributed by atoms with E-state index in [9.17, 15) is 14.4 Å². The molecule has 2 heterocycles. The van der Waals surface area contributed by atoms with Crippen LogP contribution in [-0.4, -0.2) is 17.6 Å². The summed E-state index contributed by atoms with van der Waals surface area (Å²) in [5, 5.41) is 0.592. The van der Waals surface area contributed by atoms with Crippen LogP contribution in [0.4, 0.5) is 0 Å². The highest BCUT2D eigenvalue weighted by atomic mass is 16.5. The maximum Gasteiger partial charge on any atom is 0.339 e. The summed E-state index contributed by atoms with van der Waals surface area (Å²) < 4.78 is 10.1. The molecule has 0 aliphatic carbocycles. The molecule has 112 valence electrons. The molecule has 6 heteroatoms. The molecule has 0 radical (unpaired) electrons. The predicted octanol–water partition coefficient (Wildman–Crippen LogP) is 2.12. The molecule has 0 saturated carbocycles. The van der Waals surface area contributed by atoms with Gasteiger partial charge in [0.15, 0.2) is 5.58 Å². The zero-order chi connectivity index (χ0) is 15.9. The van der Waals surface area contributed by atoms with E-state index < -0.39 is 17.2 Å². The Morgan fingerprint density at radius 3 is 2.77 bits per heavy atom. The van der Waals surface area contributed by atoms with Gasteiger partial charge in [-0.15, -0.1) is 0 Å². The third kappa shape index (κ3) is 2.18. The molecular weight excluding hydrogens is 286 g/mol. The molecular formula is C16H13NO5. The van der Waals surface area contributed by atoms with Crippen molar-refractivity contribution >= 4 is 27.8 Å². The van der Waals surface area contributed by atoms with E-state index in [1.54, 1.807) is 19.1 Å². The summed E-state index contributed by atoms with van der Waals surface area (Å²) in [5.74, 6) is -0.724. The maximum atomic E-state index is 12.3. The fourth-order valence-corrected chi connectivity index (χ4v) is 2.42. The molecule has 0 amide bonds. The third-order valence-electron chi connectivity index (χ3n) is 3.35. The second kappa shape index (κ2) is 5.14. The first kappa shape index (κ1) is 14.1. The van der Waals surface area contributed by atoms with Crippen molar-refractivity contribution in [3.63, 3.8) is 0 Å². The van der Waals surface area contributed by atoms with Gasteiger partial charge >= 0.3 is 11.6 Å². The molecule has 1 aromatic carbocycles. The van der Waals surface area contributed by atoms with Crippen LogP contribution in [0.1, 0.15) is 22.8 Å². The standard InChI is InChI=1S/C16H13NO5/c1-3-21-16(20)10-7-12(18)22-14-9-6-8(2)4-5-11(9)17-15(19)13(10)14/h4-7H,3H2,1-2H3,(H,17,19). The lowest BCUT2D eigenvalue weighted by atomic mass is 10.1. The lowest BCUT2D eigenvalue weighted by Crippen LogP contribution is -2.17. The molecule has 0 unspecified atom stereocenters. The van der Waals surface area contributed by atoms with E-state index in [0.717, 1.165) is 11.6 Å². The van der Waals surface area contributed by atoms with Gasteiger partial charge in [-0.1, -0.05) is 11.6 Å². The minimum atomic E-state index is -0.724. The molecule has 22 heavy (non-hydrogen) atoms. The Bertz CT molecular complexity index is 1010. The molecule has 0 aliphatic heterocycles. The molecule has 0 saturated heterocycles. The first-order valence-electron chi connectivity index (χ1n) is 6.79. The zero-order valence-electron chi connectivity index (χ0n) is 12.1. The topological polar surface area (TPSA) is 89.4 Å². The van der Waals surface area contributed by atoms with Crippen molar-refractivity contribution in [3.8, 4) is 0 Å². The van der Waals surface area contributed by atoms with E-state index in [1.165, 1.54) is 0 Å². The Morgan fingerprint density at radius 2 is 2.05 bits per heavy atom. The lowest BCUT2D eigenvalue weighted by Gasteiger charge is -2.07. The van der Waals surface area contributed by atoms with Crippen molar-refractivity contribution in [2.24, 2.45) is 0 Å². The van der Waals surface area contributed by atoms with Gasteiger partial charge in [0, 0.05) is 11.5 Å². The number of ether oxygens (including phenoxy) is 1. The molecule has 2 aromatic heterocycles. The second-order valence-electron chi connectivity index (χ2n) is 4.91. The number of fused-ring (bicyclic) bond motifs is 3. The normalized spacial score (nSPS) is 11.0. The SMILES string of the molecule is CCOC(=O)c1cc(=O)oc2c1c(=O)[nH]c1ccc(C)cc12. The van der Waals surface area contributed by atoms with Gasteiger partial charge in [-0.25, -0.2) is 9.59 Å². The van der Waals surface area contributed by atoms with E-state index in [2.05, 4.69) is 4.98 Å². The van der Waals surface area contributed by atoms with Crippen LogP contribution in [0.5, 0.6) is 0 Å². The maximum absolute atomic E-state index is 12.3. The van der Waals surface area contributed by atoms with Gasteiger partial charge in [0.1, 0.15) is 0 Å². The van der Waals surface area contributed by atoms with E-state index in [4.69, 9.17) is 9.15 Å². The molecule has 0 aliphatic rings. The fourth-order valence-electron chi connectivity index (χ4n) is 2.42. The summed E-state index contributed by atoms with van der Waals surface area (Å²) in [4.78, 5) is 38.8. The summed E-state index contributed by atoms with van der Waals surface area (Å²) in [5.41, 5.74) is 0.273. The number of aromatic nitrogens is 1. The summed E-state index contributed by atoms with van der Waals surface area (Å²) in [6.45, 7) is 3.67. The van der Waals surface area contributed by atoms with Crippen LogP contribution in [0, 0.1) is 6.92 Å². The first-order chi connectivity index (χ1) is 10.5. The predicted molar refractivity (Wildman–Crippen MR) is 81.3 cm³/mol. The minimum absolute atomic E-state index is 0.0242. The second-order valence-corrected chi connectivity index (χ2v) is 4.91. The number of carbonyl (C=O) groups is 1. The van der Waals surface area contributed by atoms with Crippen molar-refractivity contribution in [2.45, 2.75) is 13.8 Å².